The Morgan fingerprint density at radius 3 is 2.35 bits per heavy atom. The molecule has 2 aromatic carbocycles. The third-order valence-electron chi connectivity index (χ3n) is 6.73. The molecule has 0 spiro atoms. The van der Waals surface area contributed by atoms with Gasteiger partial charge in [0.25, 0.3) is 5.91 Å². The molecule has 0 bridgehead atoms. The van der Waals surface area contributed by atoms with Crippen molar-refractivity contribution >= 4 is 5.91 Å². The average molecular weight is 512 g/mol. The Morgan fingerprint density at radius 1 is 0.919 bits per heavy atom. The lowest BCUT2D eigenvalue weighted by Gasteiger charge is -2.32. The number of hydrogen-bond acceptors (Lipinski definition) is 3. The van der Waals surface area contributed by atoms with Gasteiger partial charge in [0.1, 0.15) is 17.5 Å². The number of imidazole rings is 2. The van der Waals surface area contributed by atoms with Gasteiger partial charge in [0.05, 0.1) is 17.7 Å². The van der Waals surface area contributed by atoms with Crippen LogP contribution in [-0.2, 0) is 19.3 Å². The summed E-state index contributed by atoms with van der Waals surface area (Å²) in [5, 5.41) is 0. The van der Waals surface area contributed by atoms with E-state index in [4.69, 9.17) is 0 Å². The first-order chi connectivity index (χ1) is 17.8. The van der Waals surface area contributed by atoms with Crippen LogP contribution < -0.4 is 0 Å². The average Bonchev–Trinajstić information content (AvgIpc) is 3.54. The van der Waals surface area contributed by atoms with Crippen molar-refractivity contribution in [3.63, 3.8) is 0 Å². The molecular weight excluding hydrogens is 486 g/mol. The van der Waals surface area contributed by atoms with Crippen LogP contribution in [0.2, 0.25) is 0 Å². The summed E-state index contributed by atoms with van der Waals surface area (Å²) >= 11 is 0. The SMILES string of the molecule is O=C(c1cc(C(F)(F)F)ccc1F)N1CCC(c2nccn2Cc2nccn2Cc2ccccc2)CC1. The fraction of sp³-hybridized carbons (Fsp3) is 0.296. The Hall–Kier alpha value is -3.95. The van der Waals surface area contributed by atoms with Crippen molar-refractivity contribution in [2.75, 3.05) is 13.1 Å². The van der Waals surface area contributed by atoms with E-state index in [0.29, 0.717) is 57.2 Å². The highest BCUT2D eigenvalue weighted by atomic mass is 19.4. The van der Waals surface area contributed by atoms with Crippen molar-refractivity contribution in [1.82, 2.24) is 24.0 Å². The molecule has 4 aromatic rings. The Balaban J connectivity index is 1.25. The van der Waals surface area contributed by atoms with Gasteiger partial charge in [-0.2, -0.15) is 13.2 Å². The molecule has 1 saturated heterocycles. The maximum absolute atomic E-state index is 14.2. The smallest absolute Gasteiger partial charge is 0.339 e. The zero-order valence-electron chi connectivity index (χ0n) is 19.9. The van der Waals surface area contributed by atoms with E-state index < -0.39 is 29.0 Å². The van der Waals surface area contributed by atoms with Crippen LogP contribution in [0.25, 0.3) is 0 Å². The monoisotopic (exact) mass is 511 g/mol. The van der Waals surface area contributed by atoms with E-state index in [1.54, 1.807) is 12.4 Å². The third kappa shape index (κ3) is 5.42. The van der Waals surface area contributed by atoms with Gasteiger partial charge >= 0.3 is 6.18 Å². The standard InChI is InChI=1S/C27H25F4N5O/c28-23-7-6-21(27(29,30)31)16-22(23)26(37)34-12-8-20(9-13-34)25-33-11-15-36(25)18-24-32-10-14-35(24)17-19-4-2-1-3-5-19/h1-7,10-11,14-16,20H,8-9,12-13,17-18H2. The molecule has 0 saturated carbocycles. The summed E-state index contributed by atoms with van der Waals surface area (Å²) in [6.45, 7) is 1.83. The first-order valence-corrected chi connectivity index (χ1v) is 12.0. The Labute approximate surface area is 211 Å². The van der Waals surface area contributed by atoms with Crippen LogP contribution >= 0.6 is 0 Å². The number of amides is 1. The van der Waals surface area contributed by atoms with Gasteiger partial charge in [-0.25, -0.2) is 14.4 Å². The van der Waals surface area contributed by atoms with Crippen molar-refractivity contribution < 1.29 is 22.4 Å². The number of piperidine rings is 1. The predicted molar refractivity (Wildman–Crippen MR) is 128 cm³/mol. The largest absolute Gasteiger partial charge is 0.416 e. The van der Waals surface area contributed by atoms with Gasteiger partial charge in [0, 0.05) is 50.3 Å². The second kappa shape index (κ2) is 10.2. The summed E-state index contributed by atoms with van der Waals surface area (Å²) < 4.78 is 57.5. The molecule has 0 radical (unpaired) electrons. The quantitative estimate of drug-likeness (QED) is 0.328. The van der Waals surface area contributed by atoms with Gasteiger partial charge in [0.2, 0.25) is 0 Å². The van der Waals surface area contributed by atoms with Crippen molar-refractivity contribution in [3.05, 3.63) is 107 Å². The first-order valence-electron chi connectivity index (χ1n) is 12.0. The van der Waals surface area contributed by atoms with E-state index in [-0.39, 0.29) is 5.92 Å². The molecular formula is C27H25F4N5O. The molecule has 192 valence electrons. The highest BCUT2D eigenvalue weighted by Gasteiger charge is 2.33. The molecule has 37 heavy (non-hydrogen) atoms. The van der Waals surface area contributed by atoms with Crippen LogP contribution in [0.1, 0.15) is 51.9 Å². The number of benzene rings is 2. The van der Waals surface area contributed by atoms with E-state index in [0.717, 1.165) is 11.6 Å². The van der Waals surface area contributed by atoms with Crippen molar-refractivity contribution in [3.8, 4) is 0 Å². The topological polar surface area (TPSA) is 56.0 Å². The summed E-state index contributed by atoms with van der Waals surface area (Å²) in [5.41, 5.74) is -0.429. The number of hydrogen-bond donors (Lipinski definition) is 0. The first kappa shape index (κ1) is 24.7. The van der Waals surface area contributed by atoms with Crippen LogP contribution in [0.15, 0.2) is 73.3 Å². The highest BCUT2D eigenvalue weighted by Crippen LogP contribution is 2.32. The summed E-state index contributed by atoms with van der Waals surface area (Å²) in [5.74, 6) is 0.125. The molecule has 1 aliphatic heterocycles. The summed E-state index contributed by atoms with van der Waals surface area (Å²) in [4.78, 5) is 23.3. The van der Waals surface area contributed by atoms with Crippen molar-refractivity contribution in [2.45, 2.75) is 38.0 Å². The molecule has 1 amide bonds. The van der Waals surface area contributed by atoms with Crippen molar-refractivity contribution in [2.24, 2.45) is 0 Å². The minimum atomic E-state index is -4.65. The van der Waals surface area contributed by atoms with Crippen molar-refractivity contribution in [1.29, 1.82) is 0 Å². The van der Waals surface area contributed by atoms with E-state index in [2.05, 4.69) is 26.7 Å². The van der Waals surface area contributed by atoms with Crippen LogP contribution in [0.3, 0.4) is 0 Å². The fourth-order valence-corrected chi connectivity index (χ4v) is 4.76. The third-order valence-corrected chi connectivity index (χ3v) is 6.73. The summed E-state index contributed by atoms with van der Waals surface area (Å²) in [6.07, 6.45) is 3.83. The summed E-state index contributed by atoms with van der Waals surface area (Å²) in [7, 11) is 0. The minimum absolute atomic E-state index is 0.0583. The van der Waals surface area contributed by atoms with Crippen LogP contribution in [-0.4, -0.2) is 43.0 Å². The Bertz CT molecular complexity index is 1370. The molecule has 0 aliphatic carbocycles. The molecule has 1 fully saturated rings. The number of nitrogens with zero attached hydrogens (tertiary/aromatic N) is 5. The molecule has 1 aliphatic rings. The lowest BCUT2D eigenvalue weighted by atomic mass is 9.95. The van der Waals surface area contributed by atoms with Crippen LogP contribution in [0, 0.1) is 5.82 Å². The zero-order chi connectivity index (χ0) is 26.0. The maximum Gasteiger partial charge on any atom is 0.416 e. The number of alkyl halides is 3. The van der Waals surface area contributed by atoms with E-state index in [9.17, 15) is 22.4 Å². The Morgan fingerprint density at radius 2 is 1.62 bits per heavy atom. The number of likely N-dealkylation sites (tertiary alicyclic amines) is 1. The normalized spacial score (nSPS) is 14.8. The number of carbonyl (C=O) groups is 1. The molecule has 2 aromatic heterocycles. The molecule has 0 atom stereocenters. The predicted octanol–water partition coefficient (Wildman–Crippen LogP) is 5.35. The molecule has 6 nitrogen and oxygen atoms in total. The maximum atomic E-state index is 14.2. The van der Waals surface area contributed by atoms with Gasteiger partial charge in [0.15, 0.2) is 0 Å². The number of aromatic nitrogens is 4. The van der Waals surface area contributed by atoms with Crippen LogP contribution in [0.5, 0.6) is 0 Å². The van der Waals surface area contributed by atoms with Gasteiger partial charge in [-0.05, 0) is 36.6 Å². The van der Waals surface area contributed by atoms with Gasteiger partial charge in [-0.15, -0.1) is 0 Å². The lowest BCUT2D eigenvalue weighted by Crippen LogP contribution is -2.39. The number of halogens is 4. The molecule has 5 rings (SSSR count). The van der Waals surface area contributed by atoms with E-state index >= 15 is 0 Å². The van der Waals surface area contributed by atoms with E-state index in [1.807, 2.05) is 35.2 Å². The lowest BCUT2D eigenvalue weighted by molar-refractivity contribution is -0.137. The molecule has 3 heterocycles. The minimum Gasteiger partial charge on any atom is -0.339 e. The zero-order valence-corrected chi connectivity index (χ0v) is 19.9. The van der Waals surface area contributed by atoms with Gasteiger partial charge in [-0.3, -0.25) is 4.79 Å². The fourth-order valence-electron chi connectivity index (χ4n) is 4.76. The molecule has 0 N–H and O–H groups in total. The number of carbonyl (C=O) groups excluding carboxylic acids is 1. The molecule has 10 heteroatoms. The van der Waals surface area contributed by atoms with Crippen LogP contribution in [0.4, 0.5) is 17.6 Å². The second-order valence-corrected chi connectivity index (χ2v) is 9.13. The van der Waals surface area contributed by atoms with Gasteiger partial charge in [-0.1, -0.05) is 30.3 Å². The van der Waals surface area contributed by atoms with E-state index in [1.165, 1.54) is 10.5 Å². The van der Waals surface area contributed by atoms with Gasteiger partial charge < -0.3 is 14.0 Å². The second-order valence-electron chi connectivity index (χ2n) is 9.13. The summed E-state index contributed by atoms with van der Waals surface area (Å²) in [6, 6.07) is 12.0. The number of rotatable bonds is 6. The highest BCUT2D eigenvalue weighted by molar-refractivity contribution is 5.94. The molecule has 0 unspecified atom stereocenters. The Kier molecular flexibility index (Phi) is 6.82.